The van der Waals surface area contributed by atoms with Crippen molar-refractivity contribution in [3.05, 3.63) is 52.3 Å². The standard InChI is InChI=1S/C23H33N3O/c1-14(2)11-20-19(12-24)22(18-9-7-16(5)8-10-18)21(17(6)26-20)23(27)25-13-15(3)4/h7-10,14-15H,11-13,24H2,1-6H3,(H,25,27). The molecular weight excluding hydrogens is 334 g/mol. The lowest BCUT2D eigenvalue weighted by atomic mass is 9.89. The Morgan fingerprint density at radius 1 is 1.07 bits per heavy atom. The zero-order valence-corrected chi connectivity index (χ0v) is 17.5. The maximum Gasteiger partial charge on any atom is 0.253 e. The summed E-state index contributed by atoms with van der Waals surface area (Å²) in [4.78, 5) is 17.8. The second kappa shape index (κ2) is 9.14. The number of carbonyl (C=O) groups is 1. The second-order valence-electron chi connectivity index (χ2n) is 8.14. The summed E-state index contributed by atoms with van der Waals surface area (Å²) in [7, 11) is 0. The number of carbonyl (C=O) groups excluding carboxylic acids is 1. The highest BCUT2D eigenvalue weighted by Crippen LogP contribution is 2.32. The zero-order chi connectivity index (χ0) is 20.1. The highest BCUT2D eigenvalue weighted by Gasteiger charge is 2.23. The molecule has 0 atom stereocenters. The molecule has 1 aromatic carbocycles. The summed E-state index contributed by atoms with van der Waals surface area (Å²) < 4.78 is 0. The van der Waals surface area contributed by atoms with E-state index in [9.17, 15) is 4.79 Å². The number of aromatic nitrogens is 1. The van der Waals surface area contributed by atoms with E-state index in [1.54, 1.807) is 0 Å². The Labute approximate surface area is 163 Å². The lowest BCUT2D eigenvalue weighted by molar-refractivity contribution is 0.0948. The molecule has 0 aliphatic rings. The molecule has 4 nitrogen and oxygen atoms in total. The van der Waals surface area contributed by atoms with E-state index in [0.717, 1.165) is 34.5 Å². The first-order valence-corrected chi connectivity index (χ1v) is 9.82. The van der Waals surface area contributed by atoms with E-state index >= 15 is 0 Å². The highest BCUT2D eigenvalue weighted by atomic mass is 16.1. The van der Waals surface area contributed by atoms with Crippen LogP contribution >= 0.6 is 0 Å². The van der Waals surface area contributed by atoms with E-state index < -0.39 is 0 Å². The predicted octanol–water partition coefficient (Wildman–Crippen LogP) is 4.41. The second-order valence-corrected chi connectivity index (χ2v) is 8.14. The van der Waals surface area contributed by atoms with Gasteiger partial charge in [-0.2, -0.15) is 0 Å². The van der Waals surface area contributed by atoms with Crippen molar-refractivity contribution >= 4 is 5.91 Å². The van der Waals surface area contributed by atoms with Gasteiger partial charge in [0.1, 0.15) is 0 Å². The summed E-state index contributed by atoms with van der Waals surface area (Å²) in [5.41, 5.74) is 12.7. The van der Waals surface area contributed by atoms with Gasteiger partial charge in [0.2, 0.25) is 0 Å². The first kappa shape index (κ1) is 21.1. The van der Waals surface area contributed by atoms with Crippen LogP contribution < -0.4 is 11.1 Å². The number of nitrogens with one attached hydrogen (secondary N) is 1. The van der Waals surface area contributed by atoms with Gasteiger partial charge in [-0.05, 0) is 43.2 Å². The largest absolute Gasteiger partial charge is 0.352 e. The van der Waals surface area contributed by atoms with Crippen LogP contribution in [-0.4, -0.2) is 17.4 Å². The molecule has 27 heavy (non-hydrogen) atoms. The number of rotatable bonds is 7. The van der Waals surface area contributed by atoms with Crippen molar-refractivity contribution in [3.8, 4) is 11.1 Å². The summed E-state index contributed by atoms with van der Waals surface area (Å²) in [6, 6.07) is 8.29. The van der Waals surface area contributed by atoms with Gasteiger partial charge in [0, 0.05) is 24.3 Å². The van der Waals surface area contributed by atoms with E-state index in [1.165, 1.54) is 5.56 Å². The summed E-state index contributed by atoms with van der Waals surface area (Å²) in [5.74, 6) is 0.781. The minimum atomic E-state index is -0.0740. The molecule has 0 fully saturated rings. The quantitative estimate of drug-likeness (QED) is 0.762. The molecule has 2 aromatic rings. The van der Waals surface area contributed by atoms with Crippen molar-refractivity contribution in [1.29, 1.82) is 0 Å². The van der Waals surface area contributed by atoms with Crippen LogP contribution in [0.5, 0.6) is 0 Å². The van der Waals surface area contributed by atoms with Crippen LogP contribution in [0.25, 0.3) is 11.1 Å². The van der Waals surface area contributed by atoms with Crippen LogP contribution in [0.3, 0.4) is 0 Å². The predicted molar refractivity (Wildman–Crippen MR) is 113 cm³/mol. The molecule has 0 aliphatic heterocycles. The van der Waals surface area contributed by atoms with Gasteiger partial charge in [0.15, 0.2) is 0 Å². The Kier molecular flexibility index (Phi) is 7.14. The van der Waals surface area contributed by atoms with E-state index in [-0.39, 0.29) is 5.91 Å². The summed E-state index contributed by atoms with van der Waals surface area (Å²) in [5, 5.41) is 3.05. The van der Waals surface area contributed by atoms with E-state index in [0.29, 0.717) is 30.5 Å². The van der Waals surface area contributed by atoms with Crippen LogP contribution in [0.4, 0.5) is 0 Å². The maximum absolute atomic E-state index is 13.0. The van der Waals surface area contributed by atoms with Crippen molar-refractivity contribution in [2.75, 3.05) is 6.54 Å². The van der Waals surface area contributed by atoms with E-state index in [2.05, 4.69) is 64.2 Å². The average molecular weight is 368 g/mol. The molecule has 0 bridgehead atoms. The molecule has 4 heteroatoms. The number of hydrogen-bond donors (Lipinski definition) is 2. The minimum Gasteiger partial charge on any atom is -0.352 e. The van der Waals surface area contributed by atoms with Crippen LogP contribution in [0.1, 0.15) is 60.6 Å². The Hall–Kier alpha value is -2.20. The monoisotopic (exact) mass is 367 g/mol. The highest BCUT2D eigenvalue weighted by molar-refractivity contribution is 6.02. The van der Waals surface area contributed by atoms with Crippen LogP contribution in [0.2, 0.25) is 0 Å². The smallest absolute Gasteiger partial charge is 0.253 e. The molecule has 0 spiro atoms. The topological polar surface area (TPSA) is 68.0 Å². The summed E-state index contributed by atoms with van der Waals surface area (Å²) >= 11 is 0. The van der Waals surface area contributed by atoms with Crippen molar-refractivity contribution < 1.29 is 4.79 Å². The van der Waals surface area contributed by atoms with Crippen molar-refractivity contribution in [2.24, 2.45) is 17.6 Å². The Morgan fingerprint density at radius 3 is 2.22 bits per heavy atom. The van der Waals surface area contributed by atoms with Gasteiger partial charge in [0.05, 0.1) is 11.3 Å². The Balaban J connectivity index is 2.70. The first-order chi connectivity index (χ1) is 12.7. The van der Waals surface area contributed by atoms with E-state index in [1.807, 2.05) is 6.92 Å². The lowest BCUT2D eigenvalue weighted by Gasteiger charge is -2.21. The zero-order valence-electron chi connectivity index (χ0n) is 17.5. The number of hydrogen-bond acceptors (Lipinski definition) is 3. The average Bonchev–Trinajstić information content (AvgIpc) is 2.59. The van der Waals surface area contributed by atoms with Crippen molar-refractivity contribution in [2.45, 2.75) is 54.5 Å². The molecule has 0 radical (unpaired) electrons. The third-order valence-electron chi connectivity index (χ3n) is 4.61. The summed E-state index contributed by atoms with van der Waals surface area (Å²) in [6.45, 7) is 13.5. The van der Waals surface area contributed by atoms with Crippen molar-refractivity contribution in [1.82, 2.24) is 10.3 Å². The molecule has 2 rings (SSSR count). The van der Waals surface area contributed by atoms with Crippen LogP contribution in [-0.2, 0) is 13.0 Å². The molecular formula is C23H33N3O. The molecule has 1 aromatic heterocycles. The molecule has 0 unspecified atom stereocenters. The molecule has 1 amide bonds. The molecule has 0 aliphatic carbocycles. The SMILES string of the molecule is Cc1ccc(-c2c(CN)c(CC(C)C)nc(C)c2C(=O)NCC(C)C)cc1. The molecule has 146 valence electrons. The minimum absolute atomic E-state index is 0.0740. The Bertz CT molecular complexity index is 792. The Morgan fingerprint density at radius 2 is 1.70 bits per heavy atom. The van der Waals surface area contributed by atoms with Gasteiger partial charge in [0.25, 0.3) is 5.91 Å². The molecule has 3 N–H and O–H groups in total. The van der Waals surface area contributed by atoms with Gasteiger partial charge in [-0.3, -0.25) is 9.78 Å². The fourth-order valence-electron chi connectivity index (χ4n) is 3.28. The number of pyridine rings is 1. The number of nitrogens with zero attached hydrogens (tertiary/aromatic N) is 1. The normalized spacial score (nSPS) is 11.3. The third kappa shape index (κ3) is 5.16. The van der Waals surface area contributed by atoms with Gasteiger partial charge >= 0.3 is 0 Å². The molecule has 0 saturated heterocycles. The lowest BCUT2D eigenvalue weighted by Crippen LogP contribution is -2.29. The number of amides is 1. The van der Waals surface area contributed by atoms with Gasteiger partial charge < -0.3 is 11.1 Å². The summed E-state index contributed by atoms with van der Waals surface area (Å²) in [6.07, 6.45) is 0.847. The van der Waals surface area contributed by atoms with Gasteiger partial charge in [-0.25, -0.2) is 0 Å². The fourth-order valence-corrected chi connectivity index (χ4v) is 3.28. The first-order valence-electron chi connectivity index (χ1n) is 9.82. The molecule has 0 saturated carbocycles. The number of benzene rings is 1. The maximum atomic E-state index is 13.0. The third-order valence-corrected chi connectivity index (χ3v) is 4.61. The fraction of sp³-hybridized carbons (Fsp3) is 0.478. The van der Waals surface area contributed by atoms with Crippen LogP contribution in [0, 0.1) is 25.7 Å². The molecule has 1 heterocycles. The van der Waals surface area contributed by atoms with E-state index in [4.69, 9.17) is 10.7 Å². The number of aryl methyl sites for hydroxylation is 2. The van der Waals surface area contributed by atoms with Crippen molar-refractivity contribution in [3.63, 3.8) is 0 Å². The number of nitrogens with two attached hydrogens (primary N) is 1. The van der Waals surface area contributed by atoms with Gasteiger partial charge in [-0.15, -0.1) is 0 Å². The van der Waals surface area contributed by atoms with Gasteiger partial charge in [-0.1, -0.05) is 57.5 Å². The van der Waals surface area contributed by atoms with Crippen LogP contribution in [0.15, 0.2) is 24.3 Å².